The van der Waals surface area contributed by atoms with Gasteiger partial charge in [-0.3, -0.25) is 0 Å². The van der Waals surface area contributed by atoms with Gasteiger partial charge in [0, 0.05) is 31.2 Å². The maximum absolute atomic E-state index is 5.05. The molecule has 1 N–H and O–H groups in total. The Morgan fingerprint density at radius 2 is 2.07 bits per heavy atom. The maximum Gasteiger partial charge on any atom is 0.0589 e. The molecule has 0 radical (unpaired) electrons. The van der Waals surface area contributed by atoms with E-state index in [2.05, 4.69) is 29.0 Å². The summed E-state index contributed by atoms with van der Waals surface area (Å²) in [5.41, 5.74) is 0. The zero-order chi connectivity index (χ0) is 10.9. The Kier molecular flexibility index (Phi) is 7.44. The number of ether oxygens (including phenoxy) is 1. The lowest BCUT2D eigenvalue weighted by Gasteiger charge is -2.23. The first-order chi connectivity index (χ1) is 7.33. The molecule has 0 aliphatic carbocycles. The van der Waals surface area contributed by atoms with Crippen molar-refractivity contribution in [2.45, 2.75) is 18.1 Å². The van der Waals surface area contributed by atoms with Gasteiger partial charge in [-0.15, -0.1) is 0 Å². The van der Waals surface area contributed by atoms with Crippen LogP contribution in [-0.2, 0) is 4.74 Å². The molecule has 1 rings (SSSR count). The molecule has 0 bridgehead atoms. The summed E-state index contributed by atoms with van der Waals surface area (Å²) in [5, 5.41) is 4.29. The summed E-state index contributed by atoms with van der Waals surface area (Å²) in [7, 11) is 3.93. The predicted octanol–water partition coefficient (Wildman–Crippen LogP) is 1.05. The van der Waals surface area contributed by atoms with Crippen molar-refractivity contribution in [2.24, 2.45) is 0 Å². The fraction of sp³-hybridized carbons (Fsp3) is 1.00. The first-order valence-electron chi connectivity index (χ1n) is 5.82. The van der Waals surface area contributed by atoms with Crippen LogP contribution >= 0.6 is 11.8 Å². The summed E-state index contributed by atoms with van der Waals surface area (Å²) in [6.07, 6.45) is 2.68. The summed E-state index contributed by atoms with van der Waals surface area (Å²) in [5.74, 6) is 1.25. The Balaban J connectivity index is 1.94. The van der Waals surface area contributed by atoms with Crippen molar-refractivity contribution in [1.29, 1.82) is 0 Å². The van der Waals surface area contributed by atoms with E-state index in [0.29, 0.717) is 0 Å². The molecule has 1 aliphatic heterocycles. The van der Waals surface area contributed by atoms with Crippen molar-refractivity contribution in [3.63, 3.8) is 0 Å². The van der Waals surface area contributed by atoms with Crippen LogP contribution in [0.1, 0.15) is 12.8 Å². The molecule has 4 heteroatoms. The number of nitrogens with one attached hydrogen (secondary N) is 1. The molecule has 0 unspecified atom stereocenters. The van der Waals surface area contributed by atoms with Crippen molar-refractivity contribution in [3.05, 3.63) is 0 Å². The molecule has 1 saturated heterocycles. The molecule has 3 nitrogen and oxygen atoms in total. The second-order valence-corrected chi connectivity index (χ2v) is 5.52. The Bertz CT molecular complexity index is 152. The smallest absolute Gasteiger partial charge is 0.0589 e. The van der Waals surface area contributed by atoms with Gasteiger partial charge in [-0.1, -0.05) is 0 Å². The van der Waals surface area contributed by atoms with Crippen molar-refractivity contribution in [2.75, 3.05) is 52.7 Å². The molecule has 1 heterocycles. The summed E-state index contributed by atoms with van der Waals surface area (Å²) >= 11 is 2.14. The highest BCUT2D eigenvalue weighted by atomic mass is 32.2. The third kappa shape index (κ3) is 6.40. The van der Waals surface area contributed by atoms with Crippen LogP contribution in [0.5, 0.6) is 0 Å². The Labute approximate surface area is 97.9 Å². The van der Waals surface area contributed by atoms with Gasteiger partial charge in [0.1, 0.15) is 0 Å². The van der Waals surface area contributed by atoms with Gasteiger partial charge in [0.05, 0.1) is 6.61 Å². The molecule has 0 saturated carbocycles. The number of rotatable bonds is 7. The van der Waals surface area contributed by atoms with E-state index in [1.165, 1.54) is 38.2 Å². The second-order valence-electron chi connectivity index (χ2n) is 4.12. The van der Waals surface area contributed by atoms with E-state index < -0.39 is 0 Å². The van der Waals surface area contributed by atoms with E-state index in [9.17, 15) is 0 Å². The van der Waals surface area contributed by atoms with Crippen LogP contribution in [-0.4, -0.2) is 62.8 Å². The van der Waals surface area contributed by atoms with Crippen LogP contribution < -0.4 is 5.32 Å². The summed E-state index contributed by atoms with van der Waals surface area (Å²) in [6.45, 7) is 5.48. The van der Waals surface area contributed by atoms with Gasteiger partial charge in [-0.2, -0.15) is 11.8 Å². The highest BCUT2D eigenvalue weighted by Crippen LogP contribution is 2.19. The number of thioether (sulfide) groups is 1. The van der Waals surface area contributed by atoms with Crippen LogP contribution in [0.15, 0.2) is 0 Å². The summed E-state index contributed by atoms with van der Waals surface area (Å²) in [6, 6.07) is 0. The summed E-state index contributed by atoms with van der Waals surface area (Å²) < 4.78 is 5.05. The molecule has 0 spiro atoms. The number of methoxy groups -OCH3 is 1. The SMILES string of the molecule is COCCN(C)CCSC1CCNCC1. The predicted molar refractivity (Wildman–Crippen MR) is 67.7 cm³/mol. The third-order valence-electron chi connectivity index (χ3n) is 2.79. The zero-order valence-corrected chi connectivity index (χ0v) is 10.8. The van der Waals surface area contributed by atoms with E-state index in [1.807, 2.05) is 0 Å². The zero-order valence-electron chi connectivity index (χ0n) is 10.00. The van der Waals surface area contributed by atoms with Gasteiger partial charge in [0.15, 0.2) is 0 Å². The quantitative estimate of drug-likeness (QED) is 0.709. The lowest BCUT2D eigenvalue weighted by Crippen LogP contribution is -2.30. The van der Waals surface area contributed by atoms with Gasteiger partial charge in [-0.05, 0) is 33.0 Å². The first kappa shape index (κ1) is 13.3. The fourth-order valence-electron chi connectivity index (χ4n) is 1.70. The van der Waals surface area contributed by atoms with Crippen LogP contribution in [0.3, 0.4) is 0 Å². The molecular formula is C11H24N2OS. The number of nitrogens with zero attached hydrogens (tertiary/aromatic N) is 1. The third-order valence-corrected chi connectivity index (χ3v) is 4.15. The highest BCUT2D eigenvalue weighted by molar-refractivity contribution is 7.99. The van der Waals surface area contributed by atoms with Gasteiger partial charge < -0.3 is 15.0 Å². The molecule has 0 aromatic rings. The van der Waals surface area contributed by atoms with Gasteiger partial charge in [-0.25, -0.2) is 0 Å². The molecule has 90 valence electrons. The minimum atomic E-state index is 0.842. The molecule has 0 aromatic heterocycles. The largest absolute Gasteiger partial charge is 0.383 e. The standard InChI is InChI=1S/C11H24N2OS/c1-13(7-9-14-2)8-10-15-11-3-5-12-6-4-11/h11-12H,3-10H2,1-2H3. The Morgan fingerprint density at radius 1 is 1.33 bits per heavy atom. The van der Waals surface area contributed by atoms with E-state index in [-0.39, 0.29) is 0 Å². The molecule has 15 heavy (non-hydrogen) atoms. The Hall–Kier alpha value is 0.230. The molecule has 1 fully saturated rings. The molecule has 0 atom stereocenters. The number of likely N-dealkylation sites (N-methyl/N-ethyl adjacent to an activating group) is 1. The van der Waals surface area contributed by atoms with Crippen LogP contribution in [0.2, 0.25) is 0 Å². The van der Waals surface area contributed by atoms with Crippen molar-refractivity contribution < 1.29 is 4.74 Å². The number of hydrogen-bond donors (Lipinski definition) is 1. The maximum atomic E-state index is 5.05. The normalized spacial score (nSPS) is 18.6. The monoisotopic (exact) mass is 232 g/mol. The first-order valence-corrected chi connectivity index (χ1v) is 6.87. The minimum Gasteiger partial charge on any atom is -0.383 e. The van der Waals surface area contributed by atoms with Gasteiger partial charge >= 0.3 is 0 Å². The highest BCUT2D eigenvalue weighted by Gasteiger charge is 2.12. The average molecular weight is 232 g/mol. The van der Waals surface area contributed by atoms with Crippen LogP contribution in [0.25, 0.3) is 0 Å². The molecule has 1 aliphatic rings. The van der Waals surface area contributed by atoms with E-state index in [0.717, 1.165) is 18.4 Å². The van der Waals surface area contributed by atoms with E-state index >= 15 is 0 Å². The second kappa shape index (κ2) is 8.39. The number of piperidine rings is 1. The van der Waals surface area contributed by atoms with E-state index in [4.69, 9.17) is 4.74 Å². The molecular weight excluding hydrogens is 208 g/mol. The van der Waals surface area contributed by atoms with Crippen molar-refractivity contribution in [1.82, 2.24) is 10.2 Å². The fourth-order valence-corrected chi connectivity index (χ4v) is 3.02. The van der Waals surface area contributed by atoms with Crippen LogP contribution in [0, 0.1) is 0 Å². The minimum absolute atomic E-state index is 0.842. The van der Waals surface area contributed by atoms with Gasteiger partial charge in [0.2, 0.25) is 0 Å². The molecule has 0 aromatic carbocycles. The molecule has 0 amide bonds. The Morgan fingerprint density at radius 3 is 2.73 bits per heavy atom. The van der Waals surface area contributed by atoms with Crippen molar-refractivity contribution >= 4 is 11.8 Å². The lowest BCUT2D eigenvalue weighted by molar-refractivity contribution is 0.164. The van der Waals surface area contributed by atoms with E-state index in [1.54, 1.807) is 7.11 Å². The van der Waals surface area contributed by atoms with Crippen LogP contribution in [0.4, 0.5) is 0 Å². The summed E-state index contributed by atoms with van der Waals surface area (Å²) in [4.78, 5) is 2.34. The van der Waals surface area contributed by atoms with Crippen molar-refractivity contribution in [3.8, 4) is 0 Å². The van der Waals surface area contributed by atoms with Gasteiger partial charge in [0.25, 0.3) is 0 Å². The lowest BCUT2D eigenvalue weighted by atomic mass is 10.2. The topological polar surface area (TPSA) is 24.5 Å². The average Bonchev–Trinajstić information content (AvgIpc) is 2.28. The number of hydrogen-bond acceptors (Lipinski definition) is 4.